The molecule has 2 aromatic carbocycles. The van der Waals surface area contributed by atoms with Crippen LogP contribution in [0, 0.1) is 5.92 Å². The van der Waals surface area contributed by atoms with Crippen molar-refractivity contribution in [3.63, 3.8) is 0 Å². The van der Waals surface area contributed by atoms with Crippen molar-refractivity contribution >= 4 is 17.5 Å². The highest BCUT2D eigenvalue weighted by molar-refractivity contribution is 6.03. The maximum absolute atomic E-state index is 12.9. The molecule has 0 bridgehead atoms. The predicted octanol–water partition coefficient (Wildman–Crippen LogP) is 3.70. The largest absolute Gasteiger partial charge is 0.494 e. The van der Waals surface area contributed by atoms with Crippen LogP contribution in [-0.4, -0.2) is 29.4 Å². The minimum atomic E-state index is -0.526. The van der Waals surface area contributed by atoms with Crippen molar-refractivity contribution in [1.82, 2.24) is 4.90 Å². The van der Waals surface area contributed by atoms with Gasteiger partial charge in [-0.05, 0) is 48.7 Å². The third-order valence-electron chi connectivity index (χ3n) is 4.52. The summed E-state index contributed by atoms with van der Waals surface area (Å²) >= 11 is 0. The van der Waals surface area contributed by atoms with Crippen LogP contribution in [0.4, 0.5) is 5.69 Å². The zero-order valence-electron chi connectivity index (χ0n) is 15.4. The van der Waals surface area contributed by atoms with E-state index in [4.69, 9.17) is 4.74 Å². The molecule has 26 heavy (non-hydrogen) atoms. The lowest BCUT2D eigenvalue weighted by atomic mass is 10.0. The Labute approximate surface area is 154 Å². The molecule has 1 aliphatic heterocycles. The first-order valence-corrected chi connectivity index (χ1v) is 8.94. The van der Waals surface area contributed by atoms with Crippen LogP contribution in [-0.2, 0) is 11.3 Å². The van der Waals surface area contributed by atoms with Crippen LogP contribution < -0.4 is 10.1 Å². The lowest BCUT2D eigenvalue weighted by Gasteiger charge is -2.30. The maximum atomic E-state index is 12.9. The Morgan fingerprint density at radius 1 is 1.15 bits per heavy atom. The first-order valence-electron chi connectivity index (χ1n) is 8.94. The van der Waals surface area contributed by atoms with Gasteiger partial charge in [-0.2, -0.15) is 0 Å². The monoisotopic (exact) mass is 352 g/mol. The number of nitrogens with one attached hydrogen (secondary N) is 1. The number of benzene rings is 2. The molecule has 5 heteroatoms. The summed E-state index contributed by atoms with van der Waals surface area (Å²) in [6.45, 7) is 6.90. The Morgan fingerprint density at radius 2 is 1.85 bits per heavy atom. The summed E-state index contributed by atoms with van der Waals surface area (Å²) in [4.78, 5) is 27.3. The third kappa shape index (κ3) is 3.57. The van der Waals surface area contributed by atoms with Gasteiger partial charge in [0.1, 0.15) is 11.8 Å². The van der Waals surface area contributed by atoms with E-state index in [2.05, 4.69) is 5.32 Å². The first-order chi connectivity index (χ1) is 12.5. The Balaban J connectivity index is 1.76. The molecule has 1 atom stereocenters. The topological polar surface area (TPSA) is 58.6 Å². The number of nitrogens with zero attached hydrogens (tertiary/aromatic N) is 1. The Hall–Kier alpha value is -2.82. The quantitative estimate of drug-likeness (QED) is 0.862. The smallest absolute Gasteiger partial charge is 0.255 e. The number of anilines is 1. The van der Waals surface area contributed by atoms with Gasteiger partial charge in [-0.3, -0.25) is 9.59 Å². The number of ether oxygens (including phenoxy) is 1. The highest BCUT2D eigenvalue weighted by atomic mass is 16.5. The summed E-state index contributed by atoms with van der Waals surface area (Å²) in [5, 5.41) is 2.93. The maximum Gasteiger partial charge on any atom is 0.255 e. The molecule has 0 radical (unpaired) electrons. The Morgan fingerprint density at radius 3 is 2.46 bits per heavy atom. The van der Waals surface area contributed by atoms with Gasteiger partial charge in [-0.1, -0.05) is 32.0 Å². The average Bonchev–Trinajstić information content (AvgIpc) is 2.94. The first kappa shape index (κ1) is 18.0. The number of hydrogen-bond donors (Lipinski definition) is 1. The molecule has 136 valence electrons. The van der Waals surface area contributed by atoms with E-state index < -0.39 is 6.04 Å². The number of carbonyl (C=O) groups is 2. The second kappa shape index (κ2) is 7.60. The number of amides is 2. The minimum Gasteiger partial charge on any atom is -0.494 e. The molecule has 0 aliphatic carbocycles. The standard InChI is InChI=1S/C21H24N2O3/c1-4-26-17-11-9-16(10-12-17)22-20(24)19(14(2)3)23-13-15-7-5-6-8-18(15)21(23)25/h5-12,14,19H,4,13H2,1-3H3,(H,22,24)/t19-/m0/s1. The van der Waals surface area contributed by atoms with Crippen molar-refractivity contribution in [2.24, 2.45) is 5.92 Å². The highest BCUT2D eigenvalue weighted by Gasteiger charge is 2.37. The molecule has 0 aromatic heterocycles. The van der Waals surface area contributed by atoms with Crippen LogP contribution in [0.3, 0.4) is 0 Å². The van der Waals surface area contributed by atoms with Crippen molar-refractivity contribution in [3.05, 3.63) is 59.7 Å². The second-order valence-electron chi connectivity index (χ2n) is 6.73. The molecular weight excluding hydrogens is 328 g/mol. The van der Waals surface area contributed by atoms with E-state index in [9.17, 15) is 9.59 Å². The van der Waals surface area contributed by atoms with Crippen molar-refractivity contribution in [3.8, 4) is 5.75 Å². The zero-order valence-corrected chi connectivity index (χ0v) is 15.4. The fraction of sp³-hybridized carbons (Fsp3) is 0.333. The van der Waals surface area contributed by atoms with Crippen LogP contribution in [0.15, 0.2) is 48.5 Å². The van der Waals surface area contributed by atoms with Gasteiger partial charge in [-0.25, -0.2) is 0 Å². The molecular formula is C21H24N2O3. The van der Waals surface area contributed by atoms with E-state index in [1.165, 1.54) is 0 Å². The molecule has 0 saturated heterocycles. The third-order valence-corrected chi connectivity index (χ3v) is 4.52. The van der Waals surface area contributed by atoms with E-state index in [-0.39, 0.29) is 17.7 Å². The Kier molecular flexibility index (Phi) is 5.26. The van der Waals surface area contributed by atoms with E-state index in [1.807, 2.05) is 57.2 Å². The lowest BCUT2D eigenvalue weighted by Crippen LogP contribution is -2.47. The summed E-state index contributed by atoms with van der Waals surface area (Å²) in [7, 11) is 0. The summed E-state index contributed by atoms with van der Waals surface area (Å²) < 4.78 is 5.42. The molecule has 0 unspecified atom stereocenters. The molecule has 1 heterocycles. The van der Waals surface area contributed by atoms with Crippen molar-refractivity contribution in [2.45, 2.75) is 33.4 Å². The minimum absolute atomic E-state index is 0.00374. The zero-order chi connectivity index (χ0) is 18.7. The molecule has 2 aromatic rings. The summed E-state index contributed by atoms with van der Waals surface area (Å²) in [6, 6.07) is 14.3. The number of rotatable bonds is 6. The summed E-state index contributed by atoms with van der Waals surface area (Å²) in [6.07, 6.45) is 0. The normalized spacial score (nSPS) is 14.3. The van der Waals surface area contributed by atoms with E-state index in [1.54, 1.807) is 17.0 Å². The fourth-order valence-corrected chi connectivity index (χ4v) is 3.32. The van der Waals surface area contributed by atoms with Gasteiger partial charge in [0.25, 0.3) is 5.91 Å². The van der Waals surface area contributed by atoms with Gasteiger partial charge in [-0.15, -0.1) is 0 Å². The lowest BCUT2D eigenvalue weighted by molar-refractivity contribution is -0.122. The van der Waals surface area contributed by atoms with Gasteiger partial charge in [0.05, 0.1) is 6.61 Å². The molecule has 0 fully saturated rings. The molecule has 5 nitrogen and oxygen atoms in total. The molecule has 0 spiro atoms. The Bertz CT molecular complexity index is 799. The number of hydrogen-bond acceptors (Lipinski definition) is 3. The fourth-order valence-electron chi connectivity index (χ4n) is 3.32. The SMILES string of the molecule is CCOc1ccc(NC(=O)[C@H](C(C)C)N2Cc3ccccc3C2=O)cc1. The van der Waals surface area contributed by atoms with Gasteiger partial charge >= 0.3 is 0 Å². The van der Waals surface area contributed by atoms with Crippen LogP contribution >= 0.6 is 0 Å². The van der Waals surface area contributed by atoms with Gasteiger partial charge < -0.3 is 15.0 Å². The van der Waals surface area contributed by atoms with Gasteiger partial charge in [0, 0.05) is 17.8 Å². The van der Waals surface area contributed by atoms with Crippen LogP contribution in [0.5, 0.6) is 5.75 Å². The van der Waals surface area contributed by atoms with E-state index in [0.717, 1.165) is 11.3 Å². The summed E-state index contributed by atoms with van der Waals surface area (Å²) in [5.74, 6) is 0.499. The van der Waals surface area contributed by atoms with Gasteiger partial charge in [0.15, 0.2) is 0 Å². The molecule has 1 aliphatic rings. The van der Waals surface area contributed by atoms with Gasteiger partial charge in [0.2, 0.25) is 5.91 Å². The van der Waals surface area contributed by atoms with E-state index >= 15 is 0 Å². The highest BCUT2D eigenvalue weighted by Crippen LogP contribution is 2.27. The van der Waals surface area contributed by atoms with Crippen molar-refractivity contribution in [2.75, 3.05) is 11.9 Å². The summed E-state index contributed by atoms with van der Waals surface area (Å²) in [5.41, 5.74) is 2.34. The average molecular weight is 352 g/mol. The molecule has 0 saturated carbocycles. The van der Waals surface area contributed by atoms with E-state index in [0.29, 0.717) is 24.4 Å². The number of carbonyl (C=O) groups excluding carboxylic acids is 2. The van der Waals surface area contributed by atoms with Crippen LogP contribution in [0.25, 0.3) is 0 Å². The van der Waals surface area contributed by atoms with Crippen LogP contribution in [0.1, 0.15) is 36.7 Å². The molecule has 2 amide bonds. The van der Waals surface area contributed by atoms with Crippen molar-refractivity contribution < 1.29 is 14.3 Å². The van der Waals surface area contributed by atoms with Crippen LogP contribution in [0.2, 0.25) is 0 Å². The molecule has 3 rings (SSSR count). The second-order valence-corrected chi connectivity index (χ2v) is 6.73. The predicted molar refractivity (Wildman–Crippen MR) is 101 cm³/mol. The number of fused-ring (bicyclic) bond motifs is 1. The molecule has 1 N–H and O–H groups in total. The van der Waals surface area contributed by atoms with Crippen molar-refractivity contribution in [1.29, 1.82) is 0 Å².